The van der Waals surface area contributed by atoms with E-state index >= 15 is 0 Å². The molecule has 1 aliphatic heterocycles. The quantitative estimate of drug-likeness (QED) is 0.445. The van der Waals surface area contributed by atoms with Crippen molar-refractivity contribution in [2.24, 2.45) is 0 Å². The SMILES string of the molecule is FC(F)F.O=C(O)c1cccc(-c2ccc3c(c2)N(c2ccc(Cl)cc2Cl)CCO3)c1. The van der Waals surface area contributed by atoms with Crippen LogP contribution in [-0.4, -0.2) is 30.9 Å². The summed E-state index contributed by atoms with van der Waals surface area (Å²) >= 11 is 12.4. The minimum absolute atomic E-state index is 0.249. The van der Waals surface area contributed by atoms with Gasteiger partial charge in [-0.1, -0.05) is 41.4 Å². The number of hydrogen-bond acceptors (Lipinski definition) is 3. The zero-order chi connectivity index (χ0) is 22.5. The Hall–Kier alpha value is -2.90. The fourth-order valence-corrected chi connectivity index (χ4v) is 3.69. The Bertz CT molecular complexity index is 1090. The highest BCUT2D eigenvalue weighted by Gasteiger charge is 2.22. The minimum Gasteiger partial charge on any atom is -0.490 e. The van der Waals surface area contributed by atoms with E-state index in [-0.39, 0.29) is 5.56 Å². The number of anilines is 2. The van der Waals surface area contributed by atoms with Crippen molar-refractivity contribution < 1.29 is 27.8 Å². The molecule has 0 atom stereocenters. The zero-order valence-corrected chi connectivity index (χ0v) is 17.4. The molecule has 0 bridgehead atoms. The Balaban J connectivity index is 0.000000628. The topological polar surface area (TPSA) is 49.8 Å². The second-order valence-corrected chi connectivity index (χ2v) is 7.26. The molecule has 0 amide bonds. The van der Waals surface area contributed by atoms with Gasteiger partial charge in [0.15, 0.2) is 0 Å². The Morgan fingerprint density at radius 2 is 1.68 bits per heavy atom. The van der Waals surface area contributed by atoms with Gasteiger partial charge in [-0.25, -0.2) is 4.79 Å². The van der Waals surface area contributed by atoms with E-state index < -0.39 is 12.6 Å². The zero-order valence-electron chi connectivity index (χ0n) is 15.9. The lowest BCUT2D eigenvalue weighted by molar-refractivity contribution is 0.00818. The van der Waals surface area contributed by atoms with Crippen molar-refractivity contribution in [1.82, 2.24) is 0 Å². The maximum Gasteiger partial charge on any atom is 0.379 e. The van der Waals surface area contributed by atoms with Crippen molar-refractivity contribution >= 4 is 40.5 Å². The van der Waals surface area contributed by atoms with Crippen LogP contribution in [0.3, 0.4) is 0 Å². The van der Waals surface area contributed by atoms with Crippen molar-refractivity contribution in [2.45, 2.75) is 6.68 Å². The summed E-state index contributed by atoms with van der Waals surface area (Å²) in [6.07, 6.45) is 0. The molecule has 3 aromatic carbocycles. The molecule has 162 valence electrons. The number of aromatic carboxylic acids is 1. The molecule has 0 fully saturated rings. The molecule has 1 aliphatic rings. The third kappa shape index (κ3) is 5.62. The number of benzene rings is 3. The number of fused-ring (bicyclic) bond motifs is 1. The maximum absolute atomic E-state index is 11.3. The first-order chi connectivity index (χ1) is 14.8. The molecule has 4 nitrogen and oxygen atoms in total. The van der Waals surface area contributed by atoms with E-state index in [1.807, 2.05) is 30.3 Å². The van der Waals surface area contributed by atoms with Crippen LogP contribution in [0.5, 0.6) is 5.75 Å². The molecular formula is C22H16Cl2F3NO3. The predicted octanol–water partition coefficient (Wildman–Crippen LogP) is 7.07. The fraction of sp³-hybridized carbons (Fsp3) is 0.136. The highest BCUT2D eigenvalue weighted by molar-refractivity contribution is 6.36. The van der Waals surface area contributed by atoms with Gasteiger partial charge in [0.25, 0.3) is 0 Å². The van der Waals surface area contributed by atoms with Crippen molar-refractivity contribution in [1.29, 1.82) is 0 Å². The molecule has 4 rings (SSSR count). The highest BCUT2D eigenvalue weighted by Crippen LogP contribution is 2.42. The standard InChI is InChI=1S/C21H15Cl2NO3.CHF3/c22-16-5-6-18(17(23)12-16)24-8-9-27-20-7-4-14(11-19(20)24)13-2-1-3-15(10-13)21(25)26;2-1(3)4/h1-7,10-12H,8-9H2,(H,25,26);1H. The number of carboxylic acids is 1. The van der Waals surface area contributed by atoms with E-state index in [4.69, 9.17) is 27.9 Å². The summed E-state index contributed by atoms with van der Waals surface area (Å²) in [6.45, 7) is -2.48. The largest absolute Gasteiger partial charge is 0.490 e. The first-order valence-electron chi connectivity index (χ1n) is 9.01. The van der Waals surface area contributed by atoms with Gasteiger partial charge < -0.3 is 14.7 Å². The number of nitrogens with zero attached hydrogens (tertiary/aromatic N) is 1. The van der Waals surface area contributed by atoms with Crippen LogP contribution in [0.2, 0.25) is 10.0 Å². The van der Waals surface area contributed by atoms with Gasteiger partial charge in [0.1, 0.15) is 12.4 Å². The number of halogens is 5. The second-order valence-electron chi connectivity index (χ2n) is 6.41. The molecule has 0 spiro atoms. The van der Waals surface area contributed by atoms with Gasteiger partial charge in [0.05, 0.1) is 28.5 Å². The summed E-state index contributed by atoms with van der Waals surface area (Å²) in [5.74, 6) is -0.196. The Kier molecular flexibility index (Phi) is 7.30. The predicted molar refractivity (Wildman–Crippen MR) is 115 cm³/mol. The van der Waals surface area contributed by atoms with E-state index in [0.29, 0.717) is 23.2 Å². The van der Waals surface area contributed by atoms with Crippen LogP contribution in [0.15, 0.2) is 60.7 Å². The van der Waals surface area contributed by atoms with Crippen LogP contribution in [0.4, 0.5) is 24.5 Å². The Morgan fingerprint density at radius 3 is 2.35 bits per heavy atom. The van der Waals surface area contributed by atoms with Crippen LogP contribution in [0, 0.1) is 0 Å². The van der Waals surface area contributed by atoms with Gasteiger partial charge in [-0.3, -0.25) is 0 Å². The molecule has 9 heteroatoms. The summed E-state index contributed by atoms with van der Waals surface area (Å²) in [5, 5.41) is 10.4. The molecule has 1 heterocycles. The molecule has 31 heavy (non-hydrogen) atoms. The van der Waals surface area contributed by atoms with Crippen molar-refractivity contribution in [3.8, 4) is 16.9 Å². The molecule has 3 aromatic rings. The monoisotopic (exact) mass is 469 g/mol. The number of ether oxygens (including phenoxy) is 1. The molecule has 0 saturated heterocycles. The van der Waals surface area contributed by atoms with Crippen LogP contribution >= 0.6 is 23.2 Å². The van der Waals surface area contributed by atoms with Gasteiger partial charge in [0, 0.05) is 5.02 Å². The van der Waals surface area contributed by atoms with Gasteiger partial charge >= 0.3 is 12.6 Å². The van der Waals surface area contributed by atoms with Crippen molar-refractivity contribution in [3.63, 3.8) is 0 Å². The number of hydrogen-bond donors (Lipinski definition) is 1. The maximum atomic E-state index is 11.3. The van der Waals surface area contributed by atoms with Crippen molar-refractivity contribution in [2.75, 3.05) is 18.1 Å². The third-order valence-corrected chi connectivity index (χ3v) is 5.00. The van der Waals surface area contributed by atoms with Gasteiger partial charge in [-0.05, 0) is 53.6 Å². The average molecular weight is 470 g/mol. The lowest BCUT2D eigenvalue weighted by Gasteiger charge is -2.32. The number of rotatable bonds is 3. The minimum atomic E-state index is -3.67. The van der Waals surface area contributed by atoms with Crippen LogP contribution in [0.25, 0.3) is 11.1 Å². The molecular weight excluding hydrogens is 454 g/mol. The highest BCUT2D eigenvalue weighted by atomic mass is 35.5. The third-order valence-electron chi connectivity index (χ3n) is 4.47. The van der Waals surface area contributed by atoms with Crippen LogP contribution in [0.1, 0.15) is 10.4 Å². The van der Waals surface area contributed by atoms with E-state index in [9.17, 15) is 23.1 Å². The summed E-state index contributed by atoms with van der Waals surface area (Å²) in [4.78, 5) is 13.4. The second kappa shape index (κ2) is 9.94. The van der Waals surface area contributed by atoms with E-state index in [1.165, 1.54) is 0 Å². The Morgan fingerprint density at radius 1 is 0.968 bits per heavy atom. The normalized spacial score (nSPS) is 12.5. The summed E-state index contributed by atoms with van der Waals surface area (Å²) < 4.78 is 34.8. The molecule has 0 saturated carbocycles. The molecule has 0 aromatic heterocycles. The molecule has 0 radical (unpaired) electrons. The number of carbonyl (C=O) groups is 1. The summed E-state index contributed by atoms with van der Waals surface area (Å²) in [5.41, 5.74) is 3.70. The van der Waals surface area contributed by atoms with Crippen LogP contribution in [-0.2, 0) is 0 Å². The van der Waals surface area contributed by atoms with Gasteiger partial charge in [-0.15, -0.1) is 0 Å². The fourth-order valence-electron chi connectivity index (χ4n) is 3.18. The smallest absolute Gasteiger partial charge is 0.379 e. The lowest BCUT2D eigenvalue weighted by Crippen LogP contribution is -2.28. The number of alkyl halides is 3. The molecule has 0 unspecified atom stereocenters. The van der Waals surface area contributed by atoms with Crippen molar-refractivity contribution in [3.05, 3.63) is 76.3 Å². The molecule has 1 N–H and O–H groups in total. The lowest BCUT2D eigenvalue weighted by atomic mass is 10.0. The van der Waals surface area contributed by atoms with Crippen LogP contribution < -0.4 is 9.64 Å². The Labute approximate surface area is 186 Å². The number of carboxylic acid groups (broad SMARTS) is 1. The van der Waals surface area contributed by atoms with Gasteiger partial charge in [-0.2, -0.15) is 13.2 Å². The van der Waals surface area contributed by atoms with E-state index in [0.717, 1.165) is 28.3 Å². The summed E-state index contributed by atoms with van der Waals surface area (Å²) in [7, 11) is 0. The van der Waals surface area contributed by atoms with E-state index in [1.54, 1.807) is 30.3 Å². The molecule has 0 aliphatic carbocycles. The van der Waals surface area contributed by atoms with Gasteiger partial charge in [0.2, 0.25) is 0 Å². The van der Waals surface area contributed by atoms with E-state index in [2.05, 4.69) is 4.90 Å². The first-order valence-corrected chi connectivity index (χ1v) is 9.77. The summed E-state index contributed by atoms with van der Waals surface area (Å²) in [6, 6.07) is 18.1. The average Bonchev–Trinajstić information content (AvgIpc) is 2.73. The first kappa shape index (κ1) is 22.8.